The van der Waals surface area contributed by atoms with Gasteiger partial charge in [0.1, 0.15) is 0 Å². The van der Waals surface area contributed by atoms with Gasteiger partial charge < -0.3 is 0 Å². The predicted molar refractivity (Wildman–Crippen MR) is 57.6 cm³/mol. The predicted octanol–water partition coefficient (Wildman–Crippen LogP) is 1.58. The molecule has 0 N–H and O–H groups in total. The van der Waals surface area contributed by atoms with E-state index < -0.39 is 14.8 Å². The van der Waals surface area contributed by atoms with Crippen LogP contribution in [0.25, 0.3) is 0 Å². The molecule has 72 valence electrons. The molecule has 0 aromatic carbocycles. The Bertz CT molecular complexity index is 158. The summed E-state index contributed by atoms with van der Waals surface area (Å²) in [7, 11) is 2.08. The zero-order chi connectivity index (χ0) is 9.19. The Kier molecular flexibility index (Phi) is 4.81. The summed E-state index contributed by atoms with van der Waals surface area (Å²) in [5.41, 5.74) is 0. The number of rotatable bonds is 0. The number of halogens is 2. The molecule has 12 heavy (non-hydrogen) atoms. The molecule has 0 bridgehead atoms. The fraction of sp³-hybridized carbons (Fsp3) is 1.00. The second-order valence-corrected chi connectivity index (χ2v) is 28.3. The molecule has 1 rings (SSSR count). The number of likely N-dealkylation sites (N-methyl/N-ethyl adjacent to an activating group) is 1. The average Bonchev–Trinajstić information content (AvgIpc) is 1.81. The minimum atomic E-state index is -2.87. The van der Waals surface area contributed by atoms with Crippen molar-refractivity contribution < 1.29 is 6.15 Å². The van der Waals surface area contributed by atoms with E-state index in [0.29, 0.717) is 0 Å². The summed E-state index contributed by atoms with van der Waals surface area (Å²) < 4.78 is 11.3. The van der Waals surface area contributed by atoms with Gasteiger partial charge >= 0.3 is 91.0 Å². The Morgan fingerprint density at radius 2 is 2.17 bits per heavy atom. The average molecular weight is 410 g/mol. The first-order valence-electron chi connectivity index (χ1n) is 3.88. The Hall–Kier alpha value is 1.64. The monoisotopic (exact) mass is 409 g/mol. The van der Waals surface area contributed by atoms with Gasteiger partial charge in [0, 0.05) is 0 Å². The van der Waals surface area contributed by atoms with Gasteiger partial charge in [0.05, 0.1) is 0 Å². The van der Waals surface area contributed by atoms with E-state index in [1.165, 1.54) is 0 Å². The van der Waals surface area contributed by atoms with Crippen molar-refractivity contribution >= 4 is 40.2 Å². The molecule has 1 aliphatic heterocycles. The van der Waals surface area contributed by atoms with Crippen molar-refractivity contribution in [1.82, 2.24) is 4.90 Å². The number of hydrogen-bond acceptors (Lipinski definition) is 3. The van der Waals surface area contributed by atoms with E-state index in [2.05, 4.69) is 44.3 Å². The van der Waals surface area contributed by atoms with Crippen molar-refractivity contribution in [2.24, 2.45) is 0 Å². The molecule has 1 heterocycles. The van der Waals surface area contributed by atoms with Crippen molar-refractivity contribution in [2.75, 3.05) is 26.7 Å². The summed E-state index contributed by atoms with van der Waals surface area (Å²) in [5, 5.41) is 0. The first-order valence-corrected chi connectivity index (χ1v) is 19.0. The summed E-state index contributed by atoms with van der Waals surface area (Å²) in [5.74, 6) is 0. The summed E-state index contributed by atoms with van der Waals surface area (Å²) in [6.45, 7) is 4.76. The second kappa shape index (κ2) is 4.93. The Morgan fingerprint density at radius 1 is 1.50 bits per heavy atom. The van der Waals surface area contributed by atoms with E-state index in [4.69, 9.17) is 6.15 Å². The second-order valence-electron chi connectivity index (χ2n) is 3.00. The maximum atomic E-state index is 5.73. The van der Waals surface area contributed by atoms with Crippen molar-refractivity contribution in [3.8, 4) is 0 Å². The van der Waals surface area contributed by atoms with Crippen molar-refractivity contribution in [2.45, 2.75) is 13.0 Å². The van der Waals surface area contributed by atoms with Crippen molar-refractivity contribution in [1.29, 1.82) is 0 Å². The molecule has 1 fully saturated rings. The number of nitrogens with zero attached hydrogens (tertiary/aromatic N) is 1. The van der Waals surface area contributed by atoms with Gasteiger partial charge in [-0.05, 0) is 0 Å². The van der Waals surface area contributed by atoms with Crippen LogP contribution in [0.3, 0.4) is 0 Å². The van der Waals surface area contributed by atoms with Crippen LogP contribution < -0.4 is 0 Å². The molecule has 0 aromatic heterocycles. The molecule has 0 aliphatic carbocycles. The summed E-state index contributed by atoms with van der Waals surface area (Å²) in [6.07, 6.45) is 0.241. The maximum absolute atomic E-state index is 5.73. The molecule has 1 saturated heterocycles. The van der Waals surface area contributed by atoms with Crippen LogP contribution in [0.5, 0.6) is 0 Å². The third kappa shape index (κ3) is 4.23. The van der Waals surface area contributed by atoms with E-state index in [-0.39, 0.29) is 6.10 Å². The molecule has 1 unspecified atom stereocenters. The van der Waals surface area contributed by atoms with Crippen LogP contribution in [-0.2, 0) is 6.15 Å². The fourth-order valence-electron chi connectivity index (χ4n) is 1.16. The van der Waals surface area contributed by atoms with Crippen LogP contribution in [0.2, 0.25) is 0 Å². The Balaban J connectivity index is 2.48. The summed E-state index contributed by atoms with van der Waals surface area (Å²) >= 11 is 4.13. The third-order valence-corrected chi connectivity index (χ3v) is 10.7. The Labute approximate surface area is 90.3 Å². The van der Waals surface area contributed by atoms with Crippen molar-refractivity contribution in [3.63, 3.8) is 0 Å². The van der Waals surface area contributed by atoms with E-state index in [0.717, 1.165) is 19.7 Å². The third-order valence-electron chi connectivity index (χ3n) is 1.65. The van der Waals surface area contributed by atoms with Gasteiger partial charge in [0.2, 0.25) is 0 Å². The van der Waals surface area contributed by atoms with Crippen LogP contribution in [0.15, 0.2) is 0 Å². The van der Waals surface area contributed by atoms with E-state index >= 15 is 0 Å². The van der Waals surface area contributed by atoms with Gasteiger partial charge in [-0.15, -0.1) is 0 Å². The molecule has 3 nitrogen and oxygen atoms in total. The number of hydrogen-bond donors (Lipinski definition) is 0. The molecule has 1 atom stereocenters. The molecular weight excluding hydrogens is 397 g/mol. The minimum absolute atomic E-state index is 0.241. The van der Waals surface area contributed by atoms with Gasteiger partial charge in [-0.25, -0.2) is 0 Å². The van der Waals surface area contributed by atoms with Gasteiger partial charge in [-0.3, -0.25) is 0 Å². The van der Waals surface area contributed by atoms with Crippen LogP contribution in [-0.4, -0.2) is 52.5 Å². The van der Waals surface area contributed by atoms with Gasteiger partial charge in [-0.2, -0.15) is 0 Å². The first kappa shape index (κ1) is 11.7. The molecule has 0 spiro atoms. The van der Waals surface area contributed by atoms with Crippen LogP contribution >= 0.6 is 25.4 Å². The molecule has 0 radical (unpaired) electrons. The zero-order valence-electron chi connectivity index (χ0n) is 7.22. The van der Waals surface area contributed by atoms with E-state index in [1.807, 2.05) is 0 Å². The van der Waals surface area contributed by atoms with E-state index in [9.17, 15) is 0 Å². The summed E-state index contributed by atoms with van der Waals surface area (Å²) in [6, 6.07) is 0. The molecule has 6 heteroatoms. The quantitative estimate of drug-likeness (QED) is 0.567. The topological polar surface area (TPSA) is 21.7 Å². The van der Waals surface area contributed by atoms with Crippen LogP contribution in [0, 0.1) is 0 Å². The molecular formula is C6H13Br2NO2Sn. The first-order chi connectivity index (χ1) is 5.49. The van der Waals surface area contributed by atoms with Gasteiger partial charge in [0.15, 0.2) is 0 Å². The van der Waals surface area contributed by atoms with E-state index in [1.54, 1.807) is 0 Å². The molecule has 0 saturated carbocycles. The molecule has 0 aromatic rings. The normalized spacial score (nSPS) is 32.5. The van der Waals surface area contributed by atoms with Crippen LogP contribution in [0.1, 0.15) is 6.92 Å². The summed E-state index contributed by atoms with van der Waals surface area (Å²) in [4.78, 5) is 2.21. The standard InChI is InChI=1S/C6H13NO2.2BrH.Sn/c1-6(9)5-7(2)3-4-8;;;/h6H,3-5H2,1-2H3;2*1H;/q-2;;;+4/p-2. The Morgan fingerprint density at radius 3 is 2.83 bits per heavy atom. The molecule has 1 aliphatic rings. The van der Waals surface area contributed by atoms with Gasteiger partial charge in [0.25, 0.3) is 0 Å². The fourth-order valence-corrected chi connectivity index (χ4v) is 10.3. The van der Waals surface area contributed by atoms with Crippen LogP contribution in [0.4, 0.5) is 0 Å². The SMILES string of the molecule is CC1CN(C)CC[O][Sn]([Br])([Br])[O]1. The van der Waals surface area contributed by atoms with Crippen molar-refractivity contribution in [3.05, 3.63) is 0 Å². The zero-order valence-corrected chi connectivity index (χ0v) is 13.2. The van der Waals surface area contributed by atoms with Gasteiger partial charge in [-0.1, -0.05) is 0 Å². The molecule has 0 amide bonds.